The lowest BCUT2D eigenvalue weighted by Crippen LogP contribution is -2.15. The maximum absolute atomic E-state index is 11.7. The number of hydrogen-bond acceptors (Lipinski definition) is 4. The Bertz CT molecular complexity index is 1260. The Morgan fingerprint density at radius 2 is 1.58 bits per heavy atom. The molecule has 0 aliphatic heterocycles. The van der Waals surface area contributed by atoms with Gasteiger partial charge in [0.25, 0.3) is 0 Å². The smallest absolute Gasteiger partial charge is 0.229 e. The lowest BCUT2D eigenvalue weighted by Gasteiger charge is -2.25. The van der Waals surface area contributed by atoms with E-state index in [9.17, 15) is 13.2 Å². The van der Waals surface area contributed by atoms with Crippen LogP contribution in [0.1, 0.15) is 33.3 Å². The summed E-state index contributed by atoms with van der Waals surface area (Å²) < 4.78 is 31.3. The van der Waals surface area contributed by atoms with Crippen molar-refractivity contribution in [2.24, 2.45) is 0 Å². The standard InChI is InChI=1S/C24H28N2O4S/c1-15(27)25-20-13-21(23(30-5)22(14-20)24(2,3)4)18-8-7-17-12-19(26-31(6,28)29)10-9-16(17)11-18/h7-14,26H,1-6H3,(H,25,27). The van der Waals surface area contributed by atoms with Gasteiger partial charge in [-0.2, -0.15) is 0 Å². The number of carbonyl (C=O) groups is 1. The van der Waals surface area contributed by atoms with Gasteiger partial charge in [0.2, 0.25) is 15.9 Å². The number of methoxy groups -OCH3 is 1. The van der Waals surface area contributed by atoms with E-state index in [0.717, 1.165) is 39.5 Å². The number of benzene rings is 3. The van der Waals surface area contributed by atoms with Crippen molar-refractivity contribution >= 4 is 38.1 Å². The van der Waals surface area contributed by atoms with Gasteiger partial charge >= 0.3 is 0 Å². The number of rotatable bonds is 5. The molecule has 0 saturated heterocycles. The first-order chi connectivity index (χ1) is 14.4. The van der Waals surface area contributed by atoms with E-state index in [2.05, 4.69) is 30.8 Å². The number of hydrogen-bond donors (Lipinski definition) is 2. The maximum atomic E-state index is 11.7. The average molecular weight is 441 g/mol. The minimum Gasteiger partial charge on any atom is -0.496 e. The summed E-state index contributed by atoms with van der Waals surface area (Å²) in [6.45, 7) is 7.79. The van der Waals surface area contributed by atoms with Gasteiger partial charge in [-0.05, 0) is 52.1 Å². The number of nitrogens with one attached hydrogen (secondary N) is 2. The first kappa shape index (κ1) is 22.6. The van der Waals surface area contributed by atoms with Crippen molar-refractivity contribution < 1.29 is 17.9 Å². The summed E-state index contributed by atoms with van der Waals surface area (Å²) in [5.41, 5.74) is 3.83. The summed E-state index contributed by atoms with van der Waals surface area (Å²) in [5, 5.41) is 4.75. The number of anilines is 2. The van der Waals surface area contributed by atoms with Gasteiger partial charge in [0.15, 0.2) is 0 Å². The Kier molecular flexibility index (Phi) is 6.00. The average Bonchev–Trinajstić information content (AvgIpc) is 2.64. The number of amides is 1. The van der Waals surface area contributed by atoms with Gasteiger partial charge in [-0.15, -0.1) is 0 Å². The van der Waals surface area contributed by atoms with Crippen molar-refractivity contribution in [2.45, 2.75) is 33.1 Å². The van der Waals surface area contributed by atoms with Crippen molar-refractivity contribution in [2.75, 3.05) is 23.4 Å². The Balaban J connectivity index is 2.18. The zero-order valence-corrected chi connectivity index (χ0v) is 19.5. The molecule has 0 aliphatic rings. The molecule has 3 aromatic rings. The second-order valence-electron chi connectivity index (χ2n) is 8.69. The zero-order chi connectivity index (χ0) is 23.0. The fourth-order valence-electron chi connectivity index (χ4n) is 3.59. The van der Waals surface area contributed by atoms with Gasteiger partial charge in [-0.25, -0.2) is 8.42 Å². The van der Waals surface area contributed by atoms with E-state index in [0.29, 0.717) is 11.4 Å². The third-order valence-electron chi connectivity index (χ3n) is 4.88. The number of carbonyl (C=O) groups excluding carboxylic acids is 1. The molecule has 31 heavy (non-hydrogen) atoms. The summed E-state index contributed by atoms with van der Waals surface area (Å²) >= 11 is 0. The Labute approximate surface area is 183 Å². The fraction of sp³-hybridized carbons (Fsp3) is 0.292. The molecule has 0 saturated carbocycles. The highest BCUT2D eigenvalue weighted by Gasteiger charge is 2.23. The predicted octanol–water partition coefficient (Wildman–Crippen LogP) is 5.14. The van der Waals surface area contributed by atoms with Crippen LogP contribution in [0.15, 0.2) is 48.5 Å². The van der Waals surface area contributed by atoms with Crippen molar-refractivity contribution in [3.63, 3.8) is 0 Å². The van der Waals surface area contributed by atoms with Crippen LogP contribution in [0.3, 0.4) is 0 Å². The van der Waals surface area contributed by atoms with Crippen LogP contribution in [0.2, 0.25) is 0 Å². The van der Waals surface area contributed by atoms with Crippen LogP contribution in [0.25, 0.3) is 21.9 Å². The molecule has 0 spiro atoms. The highest BCUT2D eigenvalue weighted by Crippen LogP contribution is 2.42. The first-order valence-electron chi connectivity index (χ1n) is 9.89. The van der Waals surface area contributed by atoms with E-state index < -0.39 is 10.0 Å². The topological polar surface area (TPSA) is 84.5 Å². The third kappa shape index (κ3) is 5.35. The van der Waals surface area contributed by atoms with Crippen molar-refractivity contribution in [3.05, 3.63) is 54.1 Å². The van der Waals surface area contributed by atoms with Gasteiger partial charge in [-0.1, -0.05) is 39.0 Å². The predicted molar refractivity (Wildman–Crippen MR) is 127 cm³/mol. The highest BCUT2D eigenvalue weighted by atomic mass is 32.2. The van der Waals surface area contributed by atoms with E-state index in [1.165, 1.54) is 6.92 Å². The van der Waals surface area contributed by atoms with Gasteiger partial charge < -0.3 is 10.1 Å². The Hall–Kier alpha value is -3.06. The van der Waals surface area contributed by atoms with Gasteiger partial charge in [0, 0.05) is 29.4 Å². The molecule has 3 aromatic carbocycles. The molecule has 0 heterocycles. The van der Waals surface area contributed by atoms with E-state index in [1.807, 2.05) is 36.4 Å². The lowest BCUT2D eigenvalue weighted by atomic mass is 9.83. The second kappa shape index (κ2) is 8.23. The fourth-order valence-corrected chi connectivity index (χ4v) is 4.14. The molecule has 1 amide bonds. The first-order valence-corrected chi connectivity index (χ1v) is 11.8. The highest BCUT2D eigenvalue weighted by molar-refractivity contribution is 7.92. The van der Waals surface area contributed by atoms with E-state index in [-0.39, 0.29) is 11.3 Å². The number of ether oxygens (including phenoxy) is 1. The van der Waals surface area contributed by atoms with Crippen LogP contribution in [0.5, 0.6) is 5.75 Å². The normalized spacial score (nSPS) is 11.9. The number of fused-ring (bicyclic) bond motifs is 1. The van der Waals surface area contributed by atoms with Gasteiger partial charge in [0.05, 0.1) is 13.4 Å². The van der Waals surface area contributed by atoms with Gasteiger partial charge in [0.1, 0.15) is 5.75 Å². The van der Waals surface area contributed by atoms with Crippen LogP contribution in [-0.4, -0.2) is 27.7 Å². The van der Waals surface area contributed by atoms with Gasteiger partial charge in [-0.3, -0.25) is 9.52 Å². The summed E-state index contributed by atoms with van der Waals surface area (Å²) in [6, 6.07) is 15.2. The van der Waals surface area contributed by atoms with Crippen molar-refractivity contribution in [1.82, 2.24) is 0 Å². The molecule has 6 nitrogen and oxygen atoms in total. The van der Waals surface area contributed by atoms with E-state index in [1.54, 1.807) is 19.2 Å². The molecular weight excluding hydrogens is 412 g/mol. The molecule has 0 aliphatic carbocycles. The van der Waals surface area contributed by atoms with Crippen molar-refractivity contribution in [3.8, 4) is 16.9 Å². The molecule has 0 atom stereocenters. The molecule has 0 radical (unpaired) electrons. The molecule has 0 aromatic heterocycles. The largest absolute Gasteiger partial charge is 0.496 e. The van der Waals surface area contributed by atoms with Crippen LogP contribution in [0, 0.1) is 0 Å². The van der Waals surface area contributed by atoms with Crippen LogP contribution >= 0.6 is 0 Å². The van der Waals surface area contributed by atoms with E-state index >= 15 is 0 Å². The SMILES string of the molecule is COc1c(-c2ccc3cc(NS(C)(=O)=O)ccc3c2)cc(NC(C)=O)cc1C(C)(C)C. The molecule has 164 valence electrons. The second-order valence-corrected chi connectivity index (χ2v) is 10.4. The minimum absolute atomic E-state index is 0.139. The molecule has 2 N–H and O–H groups in total. The summed E-state index contributed by atoms with van der Waals surface area (Å²) in [4.78, 5) is 11.7. The molecule has 3 rings (SSSR count). The molecular formula is C24H28N2O4S. The van der Waals surface area contributed by atoms with E-state index in [4.69, 9.17) is 4.74 Å². The monoisotopic (exact) mass is 440 g/mol. The van der Waals surface area contributed by atoms with Crippen LogP contribution in [-0.2, 0) is 20.2 Å². The Morgan fingerprint density at radius 1 is 0.935 bits per heavy atom. The zero-order valence-electron chi connectivity index (χ0n) is 18.7. The Morgan fingerprint density at radius 3 is 2.16 bits per heavy atom. The summed E-state index contributed by atoms with van der Waals surface area (Å²) in [7, 11) is -1.69. The third-order valence-corrected chi connectivity index (χ3v) is 5.48. The molecule has 0 unspecified atom stereocenters. The molecule has 7 heteroatoms. The summed E-state index contributed by atoms with van der Waals surface area (Å²) in [6.07, 6.45) is 1.13. The maximum Gasteiger partial charge on any atom is 0.229 e. The van der Waals surface area contributed by atoms with Crippen LogP contribution < -0.4 is 14.8 Å². The lowest BCUT2D eigenvalue weighted by molar-refractivity contribution is -0.114. The molecule has 0 fully saturated rings. The quantitative estimate of drug-likeness (QED) is 0.575. The number of sulfonamides is 1. The van der Waals surface area contributed by atoms with Crippen LogP contribution in [0.4, 0.5) is 11.4 Å². The summed E-state index contributed by atoms with van der Waals surface area (Å²) in [5.74, 6) is 0.622. The molecule has 0 bridgehead atoms. The van der Waals surface area contributed by atoms with Crippen molar-refractivity contribution in [1.29, 1.82) is 0 Å². The minimum atomic E-state index is -3.34.